The molecule has 5 nitrogen and oxygen atoms in total. The Bertz CT molecular complexity index is 241. The van der Waals surface area contributed by atoms with Gasteiger partial charge in [-0.1, -0.05) is 6.92 Å². The lowest BCUT2D eigenvalue weighted by Crippen LogP contribution is -2.52. The van der Waals surface area contributed by atoms with E-state index in [1.807, 2.05) is 0 Å². The normalized spacial score (nSPS) is 35.7. The number of nitrogens with one attached hydrogen (secondary N) is 2. The summed E-state index contributed by atoms with van der Waals surface area (Å²) in [6.07, 6.45) is 0.566. The maximum atomic E-state index is 11.9. The second-order valence-corrected chi connectivity index (χ2v) is 4.52. The number of amides is 1. The van der Waals surface area contributed by atoms with Gasteiger partial charge in [0.15, 0.2) is 6.10 Å². The summed E-state index contributed by atoms with van der Waals surface area (Å²) in [5.41, 5.74) is 0. The van der Waals surface area contributed by atoms with Gasteiger partial charge >= 0.3 is 0 Å². The van der Waals surface area contributed by atoms with Crippen LogP contribution in [0.2, 0.25) is 0 Å². The molecular weight excluding hydrogens is 208 g/mol. The summed E-state index contributed by atoms with van der Waals surface area (Å²) in [5, 5.41) is 6.36. The number of carbonyl (C=O) groups is 1. The van der Waals surface area contributed by atoms with E-state index < -0.39 is 6.10 Å². The molecule has 0 aromatic carbocycles. The number of carbonyl (C=O) groups excluding carboxylic acids is 1. The molecule has 1 amide bonds. The van der Waals surface area contributed by atoms with Gasteiger partial charge in [0.05, 0.1) is 19.8 Å². The minimum absolute atomic E-state index is 0.0292. The van der Waals surface area contributed by atoms with Crippen LogP contribution < -0.4 is 10.6 Å². The van der Waals surface area contributed by atoms with Gasteiger partial charge in [-0.3, -0.25) is 4.79 Å². The highest BCUT2D eigenvalue weighted by atomic mass is 16.6. The molecule has 2 fully saturated rings. The largest absolute Gasteiger partial charge is 0.376 e. The van der Waals surface area contributed by atoms with Crippen molar-refractivity contribution >= 4 is 5.91 Å². The van der Waals surface area contributed by atoms with E-state index in [0.717, 1.165) is 19.5 Å². The van der Waals surface area contributed by atoms with E-state index in [4.69, 9.17) is 9.47 Å². The molecule has 2 saturated heterocycles. The van der Waals surface area contributed by atoms with Crippen molar-refractivity contribution in [3.8, 4) is 0 Å². The van der Waals surface area contributed by atoms with Gasteiger partial charge in [-0.05, 0) is 25.4 Å². The topological polar surface area (TPSA) is 59.6 Å². The average Bonchev–Trinajstić information content (AvgIpc) is 2.33. The van der Waals surface area contributed by atoms with E-state index in [1.165, 1.54) is 0 Å². The Morgan fingerprint density at radius 2 is 2.31 bits per heavy atom. The first-order chi connectivity index (χ1) is 7.77. The highest BCUT2D eigenvalue weighted by Gasteiger charge is 2.28. The maximum absolute atomic E-state index is 11.9. The van der Waals surface area contributed by atoms with Crippen LogP contribution in [-0.2, 0) is 14.3 Å². The van der Waals surface area contributed by atoms with Crippen molar-refractivity contribution in [1.82, 2.24) is 10.6 Å². The first-order valence-electron chi connectivity index (χ1n) is 5.98. The Hall–Kier alpha value is -0.650. The summed E-state index contributed by atoms with van der Waals surface area (Å²) in [7, 11) is 0. The van der Waals surface area contributed by atoms with Gasteiger partial charge in [0.2, 0.25) is 0 Å². The maximum Gasteiger partial charge on any atom is 0.251 e. The third kappa shape index (κ3) is 2.93. The molecule has 2 heterocycles. The molecule has 2 rings (SSSR count). The summed E-state index contributed by atoms with van der Waals surface area (Å²) in [6, 6.07) is 0.263. The van der Waals surface area contributed by atoms with Crippen molar-refractivity contribution in [2.24, 2.45) is 5.92 Å². The Morgan fingerprint density at radius 1 is 1.44 bits per heavy atom. The zero-order chi connectivity index (χ0) is 11.4. The average molecular weight is 228 g/mol. The smallest absolute Gasteiger partial charge is 0.251 e. The Kier molecular flexibility index (Phi) is 4.15. The predicted octanol–water partition coefficient (Wildman–Crippen LogP) is -0.484. The SMILES string of the molecule is CC1CNCCC1NC(=O)C1COCCO1. The molecule has 2 aliphatic heterocycles. The molecule has 2 N–H and O–H groups in total. The standard InChI is InChI=1S/C11H20N2O3/c1-8-6-12-3-2-9(8)13-11(14)10-7-15-4-5-16-10/h8-10,12H,2-7H2,1H3,(H,13,14). The Labute approximate surface area is 95.9 Å². The lowest BCUT2D eigenvalue weighted by Gasteiger charge is -2.32. The van der Waals surface area contributed by atoms with Crippen LogP contribution in [0.3, 0.4) is 0 Å². The summed E-state index contributed by atoms with van der Waals surface area (Å²) in [6.45, 7) is 5.57. The van der Waals surface area contributed by atoms with Gasteiger partial charge in [0, 0.05) is 6.04 Å². The predicted molar refractivity (Wildman–Crippen MR) is 59.1 cm³/mol. The molecule has 0 spiro atoms. The van der Waals surface area contributed by atoms with Gasteiger partial charge in [0.25, 0.3) is 5.91 Å². The molecule has 0 saturated carbocycles. The molecule has 2 aliphatic rings. The van der Waals surface area contributed by atoms with Crippen LogP contribution >= 0.6 is 0 Å². The lowest BCUT2D eigenvalue weighted by molar-refractivity contribution is -0.148. The summed E-state index contributed by atoms with van der Waals surface area (Å²) < 4.78 is 10.6. The molecule has 0 radical (unpaired) electrons. The van der Waals surface area contributed by atoms with Crippen LogP contribution in [-0.4, -0.2) is 51.0 Å². The van der Waals surface area contributed by atoms with Crippen molar-refractivity contribution in [2.45, 2.75) is 25.5 Å². The fourth-order valence-corrected chi connectivity index (χ4v) is 2.14. The quantitative estimate of drug-likeness (QED) is 0.670. The minimum atomic E-state index is -0.421. The summed E-state index contributed by atoms with van der Waals surface area (Å²) in [4.78, 5) is 11.9. The van der Waals surface area contributed by atoms with Gasteiger partial charge in [-0.25, -0.2) is 0 Å². The third-order valence-electron chi connectivity index (χ3n) is 3.22. The fraction of sp³-hybridized carbons (Fsp3) is 0.909. The number of hydrogen-bond donors (Lipinski definition) is 2. The minimum Gasteiger partial charge on any atom is -0.376 e. The number of rotatable bonds is 2. The van der Waals surface area contributed by atoms with Crippen molar-refractivity contribution in [3.63, 3.8) is 0 Å². The summed E-state index contributed by atoms with van der Waals surface area (Å²) >= 11 is 0. The van der Waals surface area contributed by atoms with E-state index in [-0.39, 0.29) is 11.9 Å². The molecule has 92 valence electrons. The van der Waals surface area contributed by atoms with Crippen LogP contribution in [0, 0.1) is 5.92 Å². The summed E-state index contributed by atoms with van der Waals surface area (Å²) in [5.74, 6) is 0.445. The molecule has 16 heavy (non-hydrogen) atoms. The van der Waals surface area contributed by atoms with Gasteiger partial charge < -0.3 is 20.1 Å². The monoisotopic (exact) mass is 228 g/mol. The molecule has 0 aromatic rings. The first kappa shape index (κ1) is 11.8. The van der Waals surface area contributed by atoms with Gasteiger partial charge in [-0.2, -0.15) is 0 Å². The molecular formula is C11H20N2O3. The van der Waals surface area contributed by atoms with Gasteiger partial charge in [0.1, 0.15) is 0 Å². The zero-order valence-electron chi connectivity index (χ0n) is 9.70. The number of ether oxygens (including phenoxy) is 2. The fourth-order valence-electron chi connectivity index (χ4n) is 2.14. The van der Waals surface area contributed by atoms with Crippen LogP contribution in [0.15, 0.2) is 0 Å². The van der Waals surface area contributed by atoms with Crippen molar-refractivity contribution in [2.75, 3.05) is 32.9 Å². The van der Waals surface area contributed by atoms with E-state index >= 15 is 0 Å². The molecule has 0 bridgehead atoms. The van der Waals surface area contributed by atoms with E-state index in [1.54, 1.807) is 0 Å². The number of hydrogen-bond acceptors (Lipinski definition) is 4. The van der Waals surface area contributed by atoms with Crippen molar-refractivity contribution in [3.05, 3.63) is 0 Å². The molecule has 5 heteroatoms. The van der Waals surface area contributed by atoms with Gasteiger partial charge in [-0.15, -0.1) is 0 Å². The third-order valence-corrected chi connectivity index (χ3v) is 3.22. The zero-order valence-corrected chi connectivity index (χ0v) is 9.70. The molecule has 0 aromatic heterocycles. The van der Waals surface area contributed by atoms with Crippen LogP contribution in [0.1, 0.15) is 13.3 Å². The van der Waals surface area contributed by atoms with Crippen molar-refractivity contribution < 1.29 is 14.3 Å². The molecule has 0 aliphatic carbocycles. The van der Waals surface area contributed by atoms with Crippen LogP contribution in [0.25, 0.3) is 0 Å². The second-order valence-electron chi connectivity index (χ2n) is 4.52. The highest BCUT2D eigenvalue weighted by Crippen LogP contribution is 2.11. The lowest BCUT2D eigenvalue weighted by atomic mass is 9.95. The Balaban J connectivity index is 1.80. The van der Waals surface area contributed by atoms with Crippen LogP contribution in [0.5, 0.6) is 0 Å². The van der Waals surface area contributed by atoms with E-state index in [2.05, 4.69) is 17.6 Å². The van der Waals surface area contributed by atoms with E-state index in [0.29, 0.717) is 25.7 Å². The van der Waals surface area contributed by atoms with E-state index in [9.17, 15) is 4.79 Å². The van der Waals surface area contributed by atoms with Crippen molar-refractivity contribution in [1.29, 1.82) is 0 Å². The second kappa shape index (κ2) is 5.61. The highest BCUT2D eigenvalue weighted by molar-refractivity contribution is 5.81. The molecule has 3 atom stereocenters. The molecule has 3 unspecified atom stereocenters. The first-order valence-corrected chi connectivity index (χ1v) is 5.98. The Morgan fingerprint density at radius 3 is 3.00 bits per heavy atom. The van der Waals surface area contributed by atoms with Crippen LogP contribution in [0.4, 0.5) is 0 Å². The number of piperidine rings is 1.